The van der Waals surface area contributed by atoms with E-state index in [0.29, 0.717) is 31.9 Å². The maximum Gasteiger partial charge on any atom is 0.338 e. The molecule has 1 aromatic heterocycles. The maximum absolute atomic E-state index is 13.8. The lowest BCUT2D eigenvalue weighted by molar-refractivity contribution is -0.139. The first-order valence-corrected chi connectivity index (χ1v) is 12.3. The number of benzene rings is 3. The van der Waals surface area contributed by atoms with E-state index in [-0.39, 0.29) is 17.7 Å². The average Bonchev–Trinajstić information content (AvgIpc) is 3.16. The molecule has 0 radical (unpaired) electrons. The van der Waals surface area contributed by atoms with Gasteiger partial charge in [0.2, 0.25) is 0 Å². The molecule has 36 heavy (non-hydrogen) atoms. The molecule has 8 heteroatoms. The van der Waals surface area contributed by atoms with Gasteiger partial charge in [0.25, 0.3) is 5.56 Å². The molecule has 182 valence electrons. The molecule has 0 spiro atoms. The minimum Gasteiger partial charge on any atom is -0.496 e. The highest BCUT2D eigenvalue weighted by Crippen LogP contribution is 2.40. The number of carbonyl (C=O) groups excluding carboxylic acids is 1. The zero-order chi connectivity index (χ0) is 25.4. The highest BCUT2D eigenvalue weighted by atomic mass is 32.1. The Bertz CT molecular complexity index is 1720. The van der Waals surface area contributed by atoms with E-state index < -0.39 is 17.8 Å². The standard InChI is InChI=1S/C28H23FN2O4S/c1-4-35-27(33)23-16(2)30-28-31(26(32)22(36-28)15-17-8-7-10-19(29)14-17)25(23)24-20-11-6-5-9-18(20)12-13-21(24)34-3/h5-15,25H,4H2,1-3H3/b22-15-/t25-/m1/s1. The second-order valence-electron chi connectivity index (χ2n) is 8.26. The highest BCUT2D eigenvalue weighted by Gasteiger charge is 2.36. The fraction of sp³-hybridized carbons (Fsp3) is 0.179. The van der Waals surface area contributed by atoms with E-state index >= 15 is 0 Å². The molecule has 0 unspecified atom stereocenters. The van der Waals surface area contributed by atoms with Crippen LogP contribution in [0.3, 0.4) is 0 Å². The van der Waals surface area contributed by atoms with Crippen LogP contribution in [0.5, 0.6) is 5.75 Å². The number of aromatic nitrogens is 1. The number of methoxy groups -OCH3 is 1. The number of thiazole rings is 1. The Labute approximate surface area is 210 Å². The Morgan fingerprint density at radius 1 is 1.17 bits per heavy atom. The summed E-state index contributed by atoms with van der Waals surface area (Å²) in [6.07, 6.45) is 1.63. The molecule has 6 nitrogen and oxygen atoms in total. The van der Waals surface area contributed by atoms with Gasteiger partial charge in [-0.2, -0.15) is 0 Å². The summed E-state index contributed by atoms with van der Waals surface area (Å²) < 4.78 is 26.8. The quantitative estimate of drug-likeness (QED) is 0.386. The van der Waals surface area contributed by atoms with Gasteiger partial charge in [0.05, 0.1) is 29.5 Å². The minimum atomic E-state index is -0.823. The summed E-state index contributed by atoms with van der Waals surface area (Å²) in [7, 11) is 1.56. The third-order valence-electron chi connectivity index (χ3n) is 6.09. The van der Waals surface area contributed by atoms with E-state index in [1.807, 2.05) is 36.4 Å². The Morgan fingerprint density at radius 3 is 2.72 bits per heavy atom. The lowest BCUT2D eigenvalue weighted by Crippen LogP contribution is -2.40. The molecule has 1 atom stereocenters. The van der Waals surface area contributed by atoms with Crippen molar-refractivity contribution in [1.82, 2.24) is 4.57 Å². The van der Waals surface area contributed by atoms with Crippen LogP contribution in [0, 0.1) is 5.82 Å². The lowest BCUT2D eigenvalue weighted by Gasteiger charge is -2.27. The molecule has 4 aromatic rings. The summed E-state index contributed by atoms with van der Waals surface area (Å²) in [6, 6.07) is 16.7. The van der Waals surface area contributed by atoms with Gasteiger partial charge in [-0.05, 0) is 54.5 Å². The van der Waals surface area contributed by atoms with E-state index in [2.05, 4.69) is 4.99 Å². The van der Waals surface area contributed by atoms with Crippen molar-refractivity contribution in [2.75, 3.05) is 13.7 Å². The van der Waals surface area contributed by atoms with Gasteiger partial charge < -0.3 is 9.47 Å². The van der Waals surface area contributed by atoms with Crippen LogP contribution in [-0.2, 0) is 9.53 Å². The van der Waals surface area contributed by atoms with Crippen LogP contribution in [0.1, 0.15) is 31.0 Å². The summed E-state index contributed by atoms with van der Waals surface area (Å²) in [5.74, 6) is -0.400. The van der Waals surface area contributed by atoms with Gasteiger partial charge in [0.1, 0.15) is 17.6 Å². The van der Waals surface area contributed by atoms with Crippen LogP contribution < -0.4 is 19.6 Å². The molecule has 0 bridgehead atoms. The van der Waals surface area contributed by atoms with Crippen molar-refractivity contribution >= 4 is 34.2 Å². The van der Waals surface area contributed by atoms with E-state index in [0.717, 1.165) is 10.8 Å². The number of allylic oxidation sites excluding steroid dienone is 1. The monoisotopic (exact) mass is 502 g/mol. The molecular formula is C28H23FN2O4S. The summed E-state index contributed by atoms with van der Waals surface area (Å²) in [5, 5.41) is 1.78. The first kappa shape index (κ1) is 23.7. The van der Waals surface area contributed by atoms with Crippen LogP contribution in [-0.4, -0.2) is 24.3 Å². The molecular weight excluding hydrogens is 479 g/mol. The number of esters is 1. The van der Waals surface area contributed by atoms with Crippen LogP contribution in [0.2, 0.25) is 0 Å². The zero-order valence-corrected chi connectivity index (χ0v) is 20.8. The third kappa shape index (κ3) is 4.03. The van der Waals surface area contributed by atoms with Crippen molar-refractivity contribution in [2.24, 2.45) is 4.99 Å². The number of nitrogens with zero attached hydrogens (tertiary/aromatic N) is 2. The normalized spacial score (nSPS) is 15.6. The fourth-order valence-electron chi connectivity index (χ4n) is 4.55. The van der Waals surface area contributed by atoms with Crippen molar-refractivity contribution in [2.45, 2.75) is 19.9 Å². The molecule has 0 fully saturated rings. The second-order valence-corrected chi connectivity index (χ2v) is 9.27. The van der Waals surface area contributed by atoms with Gasteiger partial charge in [0.15, 0.2) is 4.80 Å². The summed E-state index contributed by atoms with van der Waals surface area (Å²) in [5.41, 5.74) is 1.63. The Hall–Kier alpha value is -4.04. The molecule has 2 heterocycles. The Balaban J connectivity index is 1.86. The summed E-state index contributed by atoms with van der Waals surface area (Å²) in [4.78, 5) is 32.1. The minimum absolute atomic E-state index is 0.180. The molecule has 0 saturated carbocycles. The number of fused-ring (bicyclic) bond motifs is 2. The molecule has 1 aliphatic rings. The fourth-order valence-corrected chi connectivity index (χ4v) is 5.59. The largest absolute Gasteiger partial charge is 0.496 e. The van der Waals surface area contributed by atoms with E-state index in [1.165, 1.54) is 28.0 Å². The molecule has 0 amide bonds. The third-order valence-corrected chi connectivity index (χ3v) is 7.07. The van der Waals surface area contributed by atoms with Gasteiger partial charge in [-0.1, -0.05) is 53.8 Å². The first-order chi connectivity index (χ1) is 17.4. The smallest absolute Gasteiger partial charge is 0.338 e. The molecule has 3 aromatic carbocycles. The van der Waals surface area contributed by atoms with Crippen molar-refractivity contribution in [3.8, 4) is 5.75 Å². The lowest BCUT2D eigenvalue weighted by atomic mass is 9.90. The maximum atomic E-state index is 13.8. The number of hydrogen-bond donors (Lipinski definition) is 0. The number of halogens is 1. The van der Waals surface area contributed by atoms with Crippen molar-refractivity contribution in [1.29, 1.82) is 0 Å². The number of carbonyl (C=O) groups is 1. The van der Waals surface area contributed by atoms with Crippen molar-refractivity contribution < 1.29 is 18.7 Å². The average molecular weight is 503 g/mol. The second kappa shape index (κ2) is 9.54. The first-order valence-electron chi connectivity index (χ1n) is 11.4. The van der Waals surface area contributed by atoms with Gasteiger partial charge in [-0.15, -0.1) is 0 Å². The van der Waals surface area contributed by atoms with E-state index in [1.54, 1.807) is 39.2 Å². The number of ether oxygens (including phenoxy) is 2. The van der Waals surface area contributed by atoms with Crippen LogP contribution in [0.4, 0.5) is 4.39 Å². The van der Waals surface area contributed by atoms with Gasteiger partial charge in [-0.25, -0.2) is 14.2 Å². The topological polar surface area (TPSA) is 69.9 Å². The SMILES string of the molecule is CCOC(=O)C1=C(C)N=c2s/c(=C\c3cccc(F)c3)c(=O)n2[C@H]1c1c(OC)ccc2ccccc12. The summed E-state index contributed by atoms with van der Waals surface area (Å²) >= 11 is 1.19. The van der Waals surface area contributed by atoms with Gasteiger partial charge >= 0.3 is 5.97 Å². The van der Waals surface area contributed by atoms with Gasteiger partial charge in [0, 0.05) is 5.56 Å². The van der Waals surface area contributed by atoms with Crippen LogP contribution in [0.15, 0.2) is 81.7 Å². The molecule has 1 aliphatic heterocycles. The van der Waals surface area contributed by atoms with Gasteiger partial charge in [-0.3, -0.25) is 9.36 Å². The van der Waals surface area contributed by atoms with Crippen LogP contribution >= 0.6 is 11.3 Å². The molecule has 0 saturated heterocycles. The van der Waals surface area contributed by atoms with Crippen LogP contribution in [0.25, 0.3) is 16.8 Å². The van der Waals surface area contributed by atoms with Crippen molar-refractivity contribution in [3.05, 3.63) is 109 Å². The molecule has 5 rings (SSSR count). The Kier molecular flexibility index (Phi) is 6.28. The van der Waals surface area contributed by atoms with E-state index in [4.69, 9.17) is 9.47 Å². The predicted molar refractivity (Wildman–Crippen MR) is 137 cm³/mol. The highest BCUT2D eigenvalue weighted by molar-refractivity contribution is 7.07. The number of hydrogen-bond acceptors (Lipinski definition) is 6. The summed E-state index contributed by atoms with van der Waals surface area (Å²) in [6.45, 7) is 3.65. The zero-order valence-electron chi connectivity index (χ0n) is 19.9. The number of rotatable bonds is 5. The Morgan fingerprint density at radius 2 is 1.97 bits per heavy atom. The molecule has 0 aliphatic carbocycles. The van der Waals surface area contributed by atoms with E-state index in [9.17, 15) is 14.0 Å². The molecule has 0 N–H and O–H groups in total. The van der Waals surface area contributed by atoms with Crippen molar-refractivity contribution in [3.63, 3.8) is 0 Å². The predicted octanol–water partition coefficient (Wildman–Crippen LogP) is 4.10.